The van der Waals surface area contributed by atoms with Crippen molar-refractivity contribution in [3.05, 3.63) is 35.9 Å². The van der Waals surface area contributed by atoms with Crippen molar-refractivity contribution in [3.8, 4) is 0 Å². The van der Waals surface area contributed by atoms with E-state index in [-0.39, 0.29) is 37.2 Å². The second-order valence-electron chi connectivity index (χ2n) is 13.1. The van der Waals surface area contributed by atoms with Gasteiger partial charge in [-0.1, -0.05) is 37.3 Å². The van der Waals surface area contributed by atoms with E-state index < -0.39 is 53.8 Å². The van der Waals surface area contributed by atoms with E-state index in [0.717, 1.165) is 5.56 Å². The normalized spacial score (nSPS) is 32.2. The first kappa shape index (κ1) is 34.3. The molecule has 0 saturated carbocycles. The van der Waals surface area contributed by atoms with Gasteiger partial charge < -0.3 is 37.9 Å². The lowest BCUT2D eigenvalue weighted by molar-refractivity contribution is -0.383. The van der Waals surface area contributed by atoms with Crippen LogP contribution in [0, 0.1) is 11.3 Å². The molecule has 4 rings (SSSR count). The Balaban J connectivity index is 1.56. The van der Waals surface area contributed by atoms with Crippen molar-refractivity contribution >= 4 is 17.9 Å². The van der Waals surface area contributed by atoms with Crippen LogP contribution in [0.15, 0.2) is 30.3 Å². The van der Waals surface area contributed by atoms with Gasteiger partial charge in [-0.2, -0.15) is 0 Å². The van der Waals surface area contributed by atoms with E-state index in [0.29, 0.717) is 32.3 Å². The van der Waals surface area contributed by atoms with Crippen LogP contribution in [0.5, 0.6) is 0 Å². The van der Waals surface area contributed by atoms with Gasteiger partial charge in [0.1, 0.15) is 18.3 Å². The Morgan fingerprint density at radius 1 is 1.00 bits per heavy atom. The van der Waals surface area contributed by atoms with Crippen molar-refractivity contribution < 1.29 is 52.3 Å². The molecule has 0 spiro atoms. The number of hydrogen-bond donors (Lipinski definition) is 0. The maximum absolute atomic E-state index is 12.4. The van der Waals surface area contributed by atoms with Crippen LogP contribution < -0.4 is 0 Å². The number of esters is 3. The van der Waals surface area contributed by atoms with E-state index in [1.165, 1.54) is 13.8 Å². The van der Waals surface area contributed by atoms with Gasteiger partial charge in [0.25, 0.3) is 0 Å². The third-order valence-electron chi connectivity index (χ3n) is 8.32. The number of methoxy groups -OCH3 is 1. The van der Waals surface area contributed by atoms with Gasteiger partial charge in [0.2, 0.25) is 0 Å². The number of carbonyl (C=O) groups excluding carboxylic acids is 3. The number of rotatable bonds is 12. The molecule has 246 valence electrons. The van der Waals surface area contributed by atoms with Gasteiger partial charge >= 0.3 is 17.9 Å². The van der Waals surface area contributed by atoms with E-state index in [4.69, 9.17) is 37.9 Å². The molecule has 0 N–H and O–H groups in total. The molecule has 1 unspecified atom stereocenters. The summed E-state index contributed by atoms with van der Waals surface area (Å²) in [6.07, 6.45) is -2.17. The molecule has 0 aliphatic carbocycles. The number of carbonyl (C=O) groups is 3. The topological polar surface area (TPSA) is 125 Å². The van der Waals surface area contributed by atoms with Crippen LogP contribution in [0.1, 0.15) is 72.8 Å². The molecule has 11 nitrogen and oxygen atoms in total. The minimum Gasteiger partial charge on any atom is -0.466 e. The Morgan fingerprint density at radius 3 is 2.36 bits per heavy atom. The van der Waals surface area contributed by atoms with Gasteiger partial charge in [-0.15, -0.1) is 0 Å². The molecular weight excluding hydrogens is 572 g/mol. The fraction of sp³-hybridized carbons (Fsp3) is 0.727. The average molecular weight is 621 g/mol. The predicted octanol–water partition coefficient (Wildman–Crippen LogP) is 4.13. The molecule has 3 aliphatic rings. The highest BCUT2D eigenvalue weighted by molar-refractivity contribution is 5.75. The Bertz CT molecular complexity index is 1120. The zero-order valence-corrected chi connectivity index (χ0v) is 26.9. The smallest absolute Gasteiger partial charge is 0.311 e. The molecule has 0 bridgehead atoms. The summed E-state index contributed by atoms with van der Waals surface area (Å²) in [6.45, 7) is 10.9. The summed E-state index contributed by atoms with van der Waals surface area (Å²) >= 11 is 0. The van der Waals surface area contributed by atoms with E-state index in [1.54, 1.807) is 7.11 Å². The molecule has 44 heavy (non-hydrogen) atoms. The summed E-state index contributed by atoms with van der Waals surface area (Å²) in [6, 6.07) is 9.80. The average Bonchev–Trinajstić information content (AvgIpc) is 3.30. The highest BCUT2D eigenvalue weighted by atomic mass is 16.8. The fourth-order valence-electron chi connectivity index (χ4n) is 6.08. The van der Waals surface area contributed by atoms with E-state index >= 15 is 0 Å². The molecule has 3 aliphatic heterocycles. The Hall–Kier alpha value is -2.57. The predicted molar refractivity (Wildman–Crippen MR) is 157 cm³/mol. The van der Waals surface area contributed by atoms with Gasteiger partial charge in [-0.05, 0) is 45.1 Å². The third-order valence-corrected chi connectivity index (χ3v) is 8.32. The molecule has 1 aromatic rings. The monoisotopic (exact) mass is 620 g/mol. The lowest BCUT2D eigenvalue weighted by atomic mass is 9.84. The maximum Gasteiger partial charge on any atom is 0.311 e. The zero-order chi connectivity index (χ0) is 32.1. The number of hydrogen-bond acceptors (Lipinski definition) is 11. The first-order valence-electron chi connectivity index (χ1n) is 15.5. The zero-order valence-electron chi connectivity index (χ0n) is 26.9. The quantitative estimate of drug-likeness (QED) is 0.247. The molecule has 0 amide bonds. The molecular formula is C33H48O11. The van der Waals surface area contributed by atoms with Crippen molar-refractivity contribution in [2.24, 2.45) is 11.3 Å². The van der Waals surface area contributed by atoms with Crippen molar-refractivity contribution in [2.45, 2.75) is 122 Å². The number of ether oxygens (including phenoxy) is 8. The van der Waals surface area contributed by atoms with E-state index in [1.807, 2.05) is 58.0 Å². The fourth-order valence-corrected chi connectivity index (χ4v) is 6.08. The minimum atomic E-state index is -1.21. The summed E-state index contributed by atoms with van der Waals surface area (Å²) < 4.78 is 49.1. The molecule has 0 radical (unpaired) electrons. The van der Waals surface area contributed by atoms with Crippen molar-refractivity contribution in [1.29, 1.82) is 0 Å². The molecule has 9 atom stereocenters. The summed E-state index contributed by atoms with van der Waals surface area (Å²) in [7, 11) is 1.56. The standard InChI is InChI=1S/C33H48O11/c1-20(18-39-21(2)34)17-25-26(40-19-23-11-9-8-10-12-23)28-27(43-25)29(41-22(3)35)30-33(37-7,44-28)15-13-24(42-30)14-16-38-31(36)32(4,5)6/h8-12,20,24-30H,13-19H2,1-7H3/t20-,24-,25-,26+,27-,28+,29+,30-,33?/m1/s1. The molecule has 3 heterocycles. The van der Waals surface area contributed by atoms with Crippen molar-refractivity contribution in [1.82, 2.24) is 0 Å². The summed E-state index contributed by atoms with van der Waals surface area (Å²) in [5.41, 5.74) is 0.390. The first-order valence-corrected chi connectivity index (χ1v) is 15.5. The van der Waals surface area contributed by atoms with Gasteiger partial charge in [-0.3, -0.25) is 14.4 Å². The Labute approximate surface area is 260 Å². The van der Waals surface area contributed by atoms with Gasteiger partial charge in [0.15, 0.2) is 18.0 Å². The van der Waals surface area contributed by atoms with Crippen LogP contribution in [0.2, 0.25) is 0 Å². The number of fused-ring (bicyclic) bond motifs is 2. The molecule has 0 aromatic heterocycles. The SMILES string of the molecule is COC12CC[C@H](CCOC(=O)C(C)(C)C)O[C@@H]1[C@@H](OC(C)=O)[C@@H]1O[C@H](C[C@@H](C)COC(C)=O)[C@H](OCc3ccccc3)[C@@H]1O2. The van der Waals surface area contributed by atoms with Gasteiger partial charge in [0.05, 0.1) is 37.4 Å². The second kappa shape index (κ2) is 14.7. The highest BCUT2D eigenvalue weighted by Gasteiger charge is 2.65. The van der Waals surface area contributed by atoms with Crippen molar-refractivity contribution in [2.75, 3.05) is 20.3 Å². The molecule has 3 saturated heterocycles. The molecule has 1 aromatic carbocycles. The number of benzene rings is 1. The van der Waals surface area contributed by atoms with Crippen LogP contribution in [-0.4, -0.2) is 86.7 Å². The summed E-state index contributed by atoms with van der Waals surface area (Å²) in [5, 5.41) is 0. The summed E-state index contributed by atoms with van der Waals surface area (Å²) in [5.74, 6) is -2.36. The van der Waals surface area contributed by atoms with Gasteiger partial charge in [0, 0.05) is 33.8 Å². The lowest BCUT2D eigenvalue weighted by Gasteiger charge is -2.53. The first-order chi connectivity index (χ1) is 20.8. The van der Waals surface area contributed by atoms with E-state index in [2.05, 4.69) is 0 Å². The van der Waals surface area contributed by atoms with E-state index in [9.17, 15) is 14.4 Å². The van der Waals surface area contributed by atoms with Crippen LogP contribution in [0.3, 0.4) is 0 Å². The van der Waals surface area contributed by atoms with Crippen LogP contribution in [0.25, 0.3) is 0 Å². The van der Waals surface area contributed by atoms with Crippen molar-refractivity contribution in [3.63, 3.8) is 0 Å². The second-order valence-corrected chi connectivity index (χ2v) is 13.1. The Kier molecular flexibility index (Phi) is 11.4. The van der Waals surface area contributed by atoms with Crippen LogP contribution >= 0.6 is 0 Å². The molecule has 3 fully saturated rings. The minimum absolute atomic E-state index is 0.0332. The van der Waals surface area contributed by atoms with Crippen LogP contribution in [-0.2, 0) is 58.9 Å². The molecule has 11 heteroatoms. The lowest BCUT2D eigenvalue weighted by Crippen LogP contribution is -2.69. The maximum atomic E-state index is 12.4. The largest absolute Gasteiger partial charge is 0.466 e. The van der Waals surface area contributed by atoms with Crippen LogP contribution in [0.4, 0.5) is 0 Å². The van der Waals surface area contributed by atoms with Gasteiger partial charge in [-0.25, -0.2) is 0 Å². The summed E-state index contributed by atoms with van der Waals surface area (Å²) in [4.78, 5) is 36.2. The Morgan fingerprint density at radius 2 is 1.73 bits per heavy atom. The third kappa shape index (κ3) is 8.37. The highest BCUT2D eigenvalue weighted by Crippen LogP contribution is 2.48.